The van der Waals surface area contributed by atoms with Crippen LogP contribution in [0.4, 0.5) is 0 Å². The molecule has 3 aromatic rings. The maximum absolute atomic E-state index is 12.1. The largest absolute Gasteiger partial charge is 0.504 e. The SMILES string of the molecule is CCCCOC(=O)c1nc(O)c2cc(-c3ccc(OC)cc3)sc2c1O. The molecule has 0 aliphatic rings. The summed E-state index contributed by atoms with van der Waals surface area (Å²) in [5.74, 6) is -0.591. The van der Waals surface area contributed by atoms with Gasteiger partial charge in [0, 0.05) is 4.88 Å². The van der Waals surface area contributed by atoms with Gasteiger partial charge in [0.25, 0.3) is 0 Å². The van der Waals surface area contributed by atoms with Crippen LogP contribution in [0.2, 0.25) is 0 Å². The van der Waals surface area contributed by atoms with Gasteiger partial charge in [-0.3, -0.25) is 0 Å². The van der Waals surface area contributed by atoms with Crippen LogP contribution in [0.5, 0.6) is 17.4 Å². The zero-order valence-electron chi connectivity index (χ0n) is 14.5. The van der Waals surface area contributed by atoms with Gasteiger partial charge in [0.15, 0.2) is 11.4 Å². The molecule has 136 valence electrons. The lowest BCUT2D eigenvalue weighted by Crippen LogP contribution is -2.08. The summed E-state index contributed by atoms with van der Waals surface area (Å²) in [6.07, 6.45) is 1.61. The third kappa shape index (κ3) is 3.43. The highest BCUT2D eigenvalue weighted by atomic mass is 32.1. The minimum atomic E-state index is -0.743. The number of aromatic hydroxyl groups is 2. The number of benzene rings is 1. The Kier molecular flexibility index (Phi) is 5.27. The molecule has 26 heavy (non-hydrogen) atoms. The number of nitrogens with zero attached hydrogens (tertiary/aromatic N) is 1. The Labute approximate surface area is 154 Å². The molecule has 0 aliphatic heterocycles. The van der Waals surface area contributed by atoms with Crippen molar-refractivity contribution in [3.8, 4) is 27.8 Å². The van der Waals surface area contributed by atoms with Gasteiger partial charge in [-0.25, -0.2) is 9.78 Å². The molecular formula is C19H19NO5S. The van der Waals surface area contributed by atoms with Crippen molar-refractivity contribution in [3.05, 3.63) is 36.0 Å². The van der Waals surface area contributed by atoms with E-state index >= 15 is 0 Å². The van der Waals surface area contributed by atoms with Crippen molar-refractivity contribution in [2.45, 2.75) is 19.8 Å². The van der Waals surface area contributed by atoms with E-state index in [2.05, 4.69) is 4.98 Å². The number of unbranched alkanes of at least 4 members (excludes halogenated alkanes) is 1. The number of hydrogen-bond donors (Lipinski definition) is 2. The van der Waals surface area contributed by atoms with Crippen molar-refractivity contribution in [1.29, 1.82) is 0 Å². The van der Waals surface area contributed by atoms with Crippen LogP contribution in [0.25, 0.3) is 20.5 Å². The number of esters is 1. The molecule has 2 heterocycles. The number of carbonyl (C=O) groups excluding carboxylic acids is 1. The van der Waals surface area contributed by atoms with E-state index in [-0.39, 0.29) is 23.9 Å². The molecule has 0 amide bonds. The summed E-state index contributed by atoms with van der Waals surface area (Å²) < 4.78 is 10.6. The molecule has 7 heteroatoms. The van der Waals surface area contributed by atoms with E-state index in [1.807, 2.05) is 31.2 Å². The number of rotatable bonds is 6. The maximum atomic E-state index is 12.1. The molecule has 0 atom stereocenters. The number of methoxy groups -OCH3 is 1. The Morgan fingerprint density at radius 1 is 1.23 bits per heavy atom. The second kappa shape index (κ2) is 7.61. The maximum Gasteiger partial charge on any atom is 0.361 e. The quantitative estimate of drug-likeness (QED) is 0.493. The fourth-order valence-corrected chi connectivity index (χ4v) is 3.58. The monoisotopic (exact) mass is 373 g/mol. The van der Waals surface area contributed by atoms with Crippen molar-refractivity contribution >= 4 is 27.4 Å². The summed E-state index contributed by atoms with van der Waals surface area (Å²) in [5, 5.41) is 21.0. The van der Waals surface area contributed by atoms with E-state index in [9.17, 15) is 15.0 Å². The standard InChI is InChI=1S/C19H19NO5S/c1-3-4-9-25-19(23)15-16(21)17-13(18(22)20-15)10-14(26-17)11-5-7-12(24-2)8-6-11/h5-8,10,21H,3-4,9H2,1-2H3,(H,20,22). The number of carbonyl (C=O) groups is 1. The van der Waals surface area contributed by atoms with Gasteiger partial charge >= 0.3 is 5.97 Å². The Balaban J connectivity index is 1.99. The number of ether oxygens (including phenoxy) is 2. The third-order valence-electron chi connectivity index (χ3n) is 3.93. The van der Waals surface area contributed by atoms with Gasteiger partial charge in [0.1, 0.15) is 5.75 Å². The fraction of sp³-hybridized carbons (Fsp3) is 0.263. The molecule has 2 aromatic heterocycles. The molecule has 1 aromatic carbocycles. The molecule has 0 saturated carbocycles. The van der Waals surface area contributed by atoms with Crippen molar-refractivity contribution in [1.82, 2.24) is 4.98 Å². The van der Waals surface area contributed by atoms with Gasteiger partial charge in [-0.15, -0.1) is 11.3 Å². The minimum absolute atomic E-state index is 0.247. The summed E-state index contributed by atoms with van der Waals surface area (Å²) >= 11 is 1.27. The Morgan fingerprint density at radius 2 is 1.96 bits per heavy atom. The molecule has 0 aliphatic carbocycles. The first-order valence-corrected chi connectivity index (χ1v) is 9.03. The summed E-state index contributed by atoms with van der Waals surface area (Å²) in [6.45, 7) is 2.23. The molecule has 0 radical (unpaired) electrons. The van der Waals surface area contributed by atoms with E-state index < -0.39 is 5.97 Å². The highest BCUT2D eigenvalue weighted by Crippen LogP contribution is 2.43. The lowest BCUT2D eigenvalue weighted by atomic mass is 10.1. The van der Waals surface area contributed by atoms with E-state index in [4.69, 9.17) is 9.47 Å². The van der Waals surface area contributed by atoms with Crippen LogP contribution in [-0.4, -0.2) is 34.9 Å². The zero-order valence-corrected chi connectivity index (χ0v) is 15.3. The van der Waals surface area contributed by atoms with Crippen molar-refractivity contribution in [3.63, 3.8) is 0 Å². The van der Waals surface area contributed by atoms with Crippen LogP contribution >= 0.6 is 11.3 Å². The van der Waals surface area contributed by atoms with Crippen molar-refractivity contribution < 1.29 is 24.5 Å². The predicted molar refractivity (Wildman–Crippen MR) is 100 cm³/mol. The molecule has 2 N–H and O–H groups in total. The number of hydrogen-bond acceptors (Lipinski definition) is 7. The Morgan fingerprint density at radius 3 is 2.62 bits per heavy atom. The first-order valence-electron chi connectivity index (χ1n) is 8.22. The van der Waals surface area contributed by atoms with Gasteiger partial charge in [-0.1, -0.05) is 13.3 Å². The van der Waals surface area contributed by atoms with Gasteiger partial charge in [-0.05, 0) is 42.3 Å². The Bertz CT molecular complexity index is 933. The third-order valence-corrected chi connectivity index (χ3v) is 5.12. The van der Waals surface area contributed by atoms with Crippen LogP contribution in [0, 0.1) is 0 Å². The number of fused-ring (bicyclic) bond motifs is 1. The molecule has 3 rings (SSSR count). The smallest absolute Gasteiger partial charge is 0.361 e. The molecular weight excluding hydrogens is 354 g/mol. The van der Waals surface area contributed by atoms with E-state index in [0.29, 0.717) is 10.1 Å². The first-order chi connectivity index (χ1) is 12.5. The Hall–Kier alpha value is -2.80. The molecule has 0 saturated heterocycles. The topological polar surface area (TPSA) is 88.9 Å². The lowest BCUT2D eigenvalue weighted by Gasteiger charge is -2.06. The summed E-state index contributed by atoms with van der Waals surface area (Å²) in [5.41, 5.74) is 0.632. The van der Waals surface area contributed by atoms with E-state index in [1.54, 1.807) is 13.2 Å². The fourth-order valence-electron chi connectivity index (χ4n) is 2.48. The number of aromatic nitrogens is 1. The van der Waals surface area contributed by atoms with Crippen molar-refractivity contribution in [2.24, 2.45) is 0 Å². The normalized spacial score (nSPS) is 10.8. The van der Waals surface area contributed by atoms with Crippen LogP contribution < -0.4 is 4.74 Å². The average Bonchev–Trinajstić information content (AvgIpc) is 3.11. The molecule has 0 fully saturated rings. The first kappa shape index (κ1) is 18.0. The predicted octanol–water partition coefficient (Wildman–Crippen LogP) is 4.34. The van der Waals surface area contributed by atoms with Crippen LogP contribution in [0.3, 0.4) is 0 Å². The highest BCUT2D eigenvalue weighted by Gasteiger charge is 2.22. The van der Waals surface area contributed by atoms with Gasteiger partial charge < -0.3 is 19.7 Å². The average molecular weight is 373 g/mol. The highest BCUT2D eigenvalue weighted by molar-refractivity contribution is 7.22. The van der Waals surface area contributed by atoms with Gasteiger partial charge in [-0.2, -0.15) is 0 Å². The second-order valence-corrected chi connectivity index (χ2v) is 6.76. The molecule has 0 spiro atoms. The molecule has 6 nitrogen and oxygen atoms in total. The van der Waals surface area contributed by atoms with Crippen LogP contribution in [0.15, 0.2) is 30.3 Å². The van der Waals surface area contributed by atoms with E-state index in [0.717, 1.165) is 29.0 Å². The summed E-state index contributed by atoms with van der Waals surface area (Å²) in [6, 6.07) is 9.15. The molecule has 0 bridgehead atoms. The van der Waals surface area contributed by atoms with Gasteiger partial charge in [0.05, 0.1) is 23.8 Å². The zero-order chi connectivity index (χ0) is 18.7. The van der Waals surface area contributed by atoms with E-state index in [1.165, 1.54) is 11.3 Å². The summed E-state index contributed by atoms with van der Waals surface area (Å²) in [7, 11) is 1.59. The lowest BCUT2D eigenvalue weighted by molar-refractivity contribution is 0.0488. The number of thiophene rings is 1. The molecule has 0 unspecified atom stereocenters. The number of pyridine rings is 1. The summed E-state index contributed by atoms with van der Waals surface area (Å²) in [4.78, 5) is 16.8. The van der Waals surface area contributed by atoms with Crippen LogP contribution in [-0.2, 0) is 4.74 Å². The van der Waals surface area contributed by atoms with Gasteiger partial charge in [0.2, 0.25) is 5.88 Å². The van der Waals surface area contributed by atoms with Crippen molar-refractivity contribution in [2.75, 3.05) is 13.7 Å². The second-order valence-electron chi connectivity index (χ2n) is 5.70. The minimum Gasteiger partial charge on any atom is -0.504 e. The van der Waals surface area contributed by atoms with Crippen LogP contribution in [0.1, 0.15) is 30.3 Å².